The largest absolute Gasteiger partial charge is 0.321 e. The van der Waals surface area contributed by atoms with Crippen LogP contribution in [0.4, 0.5) is 0 Å². The third kappa shape index (κ3) is 2.00. The van der Waals surface area contributed by atoms with Gasteiger partial charge in [0.2, 0.25) is 5.82 Å². The number of aromatic nitrogens is 2. The van der Waals surface area contributed by atoms with E-state index in [2.05, 4.69) is 14.7 Å². The summed E-state index contributed by atoms with van der Waals surface area (Å²) >= 11 is 17.1. The van der Waals surface area contributed by atoms with Crippen LogP contribution in [0, 0.1) is 0 Å². The Bertz CT molecular complexity index is 449. The standard InChI is InChI=1S/C8H3Cl3N2O/c9-5-1-4(2-6(10)3-5)7-12-8(11)14-13-7/h1-3H. The average molecular weight is 249 g/mol. The number of nitrogens with zero attached hydrogens (tertiary/aromatic N) is 2. The second kappa shape index (κ2) is 3.77. The average Bonchev–Trinajstić information content (AvgIpc) is 2.50. The van der Waals surface area contributed by atoms with Gasteiger partial charge in [-0.15, -0.1) is 0 Å². The molecule has 14 heavy (non-hydrogen) atoms. The van der Waals surface area contributed by atoms with Crippen LogP contribution in [0.15, 0.2) is 22.7 Å². The van der Waals surface area contributed by atoms with E-state index in [0.717, 1.165) is 0 Å². The molecule has 3 nitrogen and oxygen atoms in total. The van der Waals surface area contributed by atoms with Crippen molar-refractivity contribution in [2.75, 3.05) is 0 Å². The Morgan fingerprint density at radius 2 is 1.64 bits per heavy atom. The van der Waals surface area contributed by atoms with Gasteiger partial charge in [-0.05, 0) is 29.8 Å². The monoisotopic (exact) mass is 248 g/mol. The Labute approximate surface area is 94.6 Å². The fourth-order valence-corrected chi connectivity index (χ4v) is 1.65. The smallest absolute Gasteiger partial charge is 0.320 e. The lowest BCUT2D eigenvalue weighted by molar-refractivity contribution is 0.421. The van der Waals surface area contributed by atoms with Gasteiger partial charge in [0.05, 0.1) is 0 Å². The Hall–Kier alpha value is -0.770. The van der Waals surface area contributed by atoms with Gasteiger partial charge in [-0.1, -0.05) is 28.4 Å². The normalized spacial score (nSPS) is 10.5. The number of benzene rings is 1. The molecule has 1 aromatic heterocycles. The van der Waals surface area contributed by atoms with Crippen LogP contribution in [0.25, 0.3) is 11.4 Å². The molecule has 72 valence electrons. The van der Waals surface area contributed by atoms with E-state index in [0.29, 0.717) is 21.4 Å². The molecule has 0 bridgehead atoms. The molecule has 0 saturated heterocycles. The molecular formula is C8H3Cl3N2O. The summed E-state index contributed by atoms with van der Waals surface area (Å²) < 4.78 is 4.62. The Kier molecular flexibility index (Phi) is 2.63. The molecule has 0 amide bonds. The maximum absolute atomic E-state index is 5.80. The maximum Gasteiger partial charge on any atom is 0.320 e. The molecule has 1 aromatic carbocycles. The van der Waals surface area contributed by atoms with E-state index in [1.165, 1.54) is 0 Å². The van der Waals surface area contributed by atoms with Crippen molar-refractivity contribution in [3.63, 3.8) is 0 Å². The minimum Gasteiger partial charge on any atom is -0.321 e. The van der Waals surface area contributed by atoms with E-state index in [1.807, 2.05) is 0 Å². The number of hydrogen-bond acceptors (Lipinski definition) is 3. The topological polar surface area (TPSA) is 38.9 Å². The van der Waals surface area contributed by atoms with Crippen LogP contribution in [-0.2, 0) is 0 Å². The first-order valence-corrected chi connectivity index (χ1v) is 4.74. The highest BCUT2D eigenvalue weighted by Gasteiger charge is 2.08. The van der Waals surface area contributed by atoms with E-state index >= 15 is 0 Å². The van der Waals surface area contributed by atoms with Gasteiger partial charge in [-0.25, -0.2) is 0 Å². The summed E-state index contributed by atoms with van der Waals surface area (Å²) in [6.07, 6.45) is 0. The highest BCUT2D eigenvalue weighted by atomic mass is 35.5. The van der Waals surface area contributed by atoms with Gasteiger partial charge >= 0.3 is 5.35 Å². The van der Waals surface area contributed by atoms with Crippen molar-refractivity contribution in [3.05, 3.63) is 33.6 Å². The molecule has 0 unspecified atom stereocenters. The van der Waals surface area contributed by atoms with Crippen LogP contribution in [0.1, 0.15) is 0 Å². The highest BCUT2D eigenvalue weighted by Crippen LogP contribution is 2.25. The zero-order valence-electron chi connectivity index (χ0n) is 6.67. The van der Waals surface area contributed by atoms with Crippen molar-refractivity contribution in [1.29, 1.82) is 0 Å². The Morgan fingerprint density at radius 1 is 1.00 bits per heavy atom. The molecule has 0 saturated carbocycles. The van der Waals surface area contributed by atoms with Gasteiger partial charge in [0.1, 0.15) is 0 Å². The molecule has 0 aliphatic carbocycles. The second-order valence-electron chi connectivity index (χ2n) is 2.53. The lowest BCUT2D eigenvalue weighted by Crippen LogP contribution is -1.80. The summed E-state index contributed by atoms with van der Waals surface area (Å²) in [6.45, 7) is 0. The van der Waals surface area contributed by atoms with E-state index < -0.39 is 0 Å². The molecule has 0 spiro atoms. The van der Waals surface area contributed by atoms with Crippen LogP contribution in [0.5, 0.6) is 0 Å². The number of rotatable bonds is 1. The van der Waals surface area contributed by atoms with Crippen molar-refractivity contribution in [2.24, 2.45) is 0 Å². The van der Waals surface area contributed by atoms with Gasteiger partial charge < -0.3 is 4.52 Å². The number of hydrogen-bond donors (Lipinski definition) is 0. The third-order valence-corrected chi connectivity index (χ3v) is 2.11. The first kappa shape index (κ1) is 9.77. The van der Waals surface area contributed by atoms with Crippen LogP contribution in [-0.4, -0.2) is 10.1 Å². The SMILES string of the molecule is Clc1cc(Cl)cc(-c2noc(Cl)n2)c1. The van der Waals surface area contributed by atoms with E-state index in [-0.39, 0.29) is 5.35 Å². The summed E-state index contributed by atoms with van der Waals surface area (Å²) in [6, 6.07) is 4.97. The van der Waals surface area contributed by atoms with Crippen LogP contribution in [0.2, 0.25) is 15.4 Å². The predicted molar refractivity (Wildman–Crippen MR) is 54.8 cm³/mol. The van der Waals surface area contributed by atoms with Gasteiger partial charge in [-0.3, -0.25) is 0 Å². The minimum atomic E-state index is -0.0175. The van der Waals surface area contributed by atoms with Gasteiger partial charge in [0, 0.05) is 15.6 Å². The molecule has 0 N–H and O–H groups in total. The zero-order chi connectivity index (χ0) is 10.1. The molecule has 0 fully saturated rings. The molecule has 1 heterocycles. The predicted octanol–water partition coefficient (Wildman–Crippen LogP) is 3.70. The summed E-state index contributed by atoms with van der Waals surface area (Å²) in [4.78, 5) is 3.83. The summed E-state index contributed by atoms with van der Waals surface area (Å²) in [5.74, 6) is 0.361. The van der Waals surface area contributed by atoms with Crippen molar-refractivity contribution < 1.29 is 4.52 Å². The van der Waals surface area contributed by atoms with Crippen molar-refractivity contribution in [3.8, 4) is 11.4 Å². The van der Waals surface area contributed by atoms with Gasteiger partial charge in [0.25, 0.3) is 0 Å². The fraction of sp³-hybridized carbons (Fsp3) is 0. The Morgan fingerprint density at radius 3 is 2.14 bits per heavy atom. The van der Waals surface area contributed by atoms with Crippen molar-refractivity contribution in [2.45, 2.75) is 0 Å². The van der Waals surface area contributed by atoms with Crippen LogP contribution < -0.4 is 0 Å². The van der Waals surface area contributed by atoms with Crippen LogP contribution >= 0.6 is 34.8 Å². The molecule has 0 aliphatic rings. The third-order valence-electron chi connectivity index (χ3n) is 1.52. The van der Waals surface area contributed by atoms with Crippen molar-refractivity contribution in [1.82, 2.24) is 10.1 Å². The quantitative estimate of drug-likeness (QED) is 0.773. The molecule has 2 rings (SSSR count). The van der Waals surface area contributed by atoms with Gasteiger partial charge in [0.15, 0.2) is 0 Å². The lowest BCUT2D eigenvalue weighted by Gasteiger charge is -1.96. The molecule has 0 aliphatic heterocycles. The zero-order valence-corrected chi connectivity index (χ0v) is 8.94. The molecule has 2 aromatic rings. The molecule has 6 heteroatoms. The van der Waals surface area contributed by atoms with E-state index in [1.54, 1.807) is 18.2 Å². The molecule has 0 atom stereocenters. The summed E-state index contributed by atoms with van der Waals surface area (Å²) in [5.41, 5.74) is 0.665. The summed E-state index contributed by atoms with van der Waals surface area (Å²) in [7, 11) is 0. The summed E-state index contributed by atoms with van der Waals surface area (Å²) in [5, 5.41) is 4.63. The fourth-order valence-electron chi connectivity index (χ4n) is 1.01. The van der Waals surface area contributed by atoms with Crippen LogP contribution in [0.3, 0.4) is 0 Å². The maximum atomic E-state index is 5.80. The van der Waals surface area contributed by atoms with E-state index in [4.69, 9.17) is 34.8 Å². The first-order valence-electron chi connectivity index (χ1n) is 3.61. The van der Waals surface area contributed by atoms with E-state index in [9.17, 15) is 0 Å². The van der Waals surface area contributed by atoms with Gasteiger partial charge in [-0.2, -0.15) is 4.98 Å². The molecule has 0 radical (unpaired) electrons. The minimum absolute atomic E-state index is 0.0175. The molecular weight excluding hydrogens is 246 g/mol. The van der Waals surface area contributed by atoms with Crippen molar-refractivity contribution >= 4 is 34.8 Å². The lowest BCUT2D eigenvalue weighted by atomic mass is 10.2. The number of halogens is 3. The first-order chi connectivity index (χ1) is 6.65. The second-order valence-corrected chi connectivity index (χ2v) is 3.73. The Balaban J connectivity index is 2.51. The highest BCUT2D eigenvalue weighted by molar-refractivity contribution is 6.35.